The Kier molecular flexibility index (Phi) is 7.33. The number of methoxy groups -OCH3 is 1. The van der Waals surface area contributed by atoms with Gasteiger partial charge in [-0.15, -0.1) is 11.3 Å². The molecule has 0 aliphatic carbocycles. The monoisotopic (exact) mass is 483 g/mol. The van der Waals surface area contributed by atoms with Crippen molar-refractivity contribution in [2.24, 2.45) is 0 Å². The van der Waals surface area contributed by atoms with Crippen molar-refractivity contribution in [3.05, 3.63) is 52.9 Å². The zero-order valence-electron chi connectivity index (χ0n) is 19.1. The molecule has 1 fully saturated rings. The average molecular weight is 484 g/mol. The minimum Gasteiger partial charge on any atom is -0.488 e. The first-order chi connectivity index (χ1) is 16.4. The van der Waals surface area contributed by atoms with Crippen LogP contribution in [0.4, 0.5) is 5.13 Å². The molecule has 0 saturated carbocycles. The summed E-state index contributed by atoms with van der Waals surface area (Å²) in [6.45, 7) is 5.61. The molecule has 1 aromatic carbocycles. The van der Waals surface area contributed by atoms with Crippen LogP contribution in [0.1, 0.15) is 39.1 Å². The van der Waals surface area contributed by atoms with Crippen LogP contribution in [-0.4, -0.2) is 64.6 Å². The van der Waals surface area contributed by atoms with Gasteiger partial charge in [-0.25, -0.2) is 15.0 Å². The molecule has 4 rings (SSSR count). The molecule has 1 N–H and O–H groups in total. The van der Waals surface area contributed by atoms with Crippen LogP contribution in [0.25, 0.3) is 0 Å². The van der Waals surface area contributed by atoms with E-state index in [2.05, 4.69) is 20.3 Å². The van der Waals surface area contributed by atoms with E-state index in [1.165, 1.54) is 23.7 Å². The summed E-state index contributed by atoms with van der Waals surface area (Å²) in [5.74, 6) is 0.442. The van der Waals surface area contributed by atoms with Crippen molar-refractivity contribution in [2.45, 2.75) is 26.4 Å². The fourth-order valence-corrected chi connectivity index (χ4v) is 3.85. The first kappa shape index (κ1) is 23.6. The fourth-order valence-electron chi connectivity index (χ4n) is 3.19. The lowest BCUT2D eigenvalue weighted by Crippen LogP contribution is -2.42. The van der Waals surface area contributed by atoms with Crippen LogP contribution < -0.4 is 14.8 Å². The van der Waals surface area contributed by atoms with Crippen LogP contribution in [0.15, 0.2) is 36.8 Å². The second kappa shape index (κ2) is 10.6. The molecule has 0 unspecified atom stereocenters. The highest BCUT2D eigenvalue weighted by atomic mass is 32.1. The predicted molar refractivity (Wildman–Crippen MR) is 126 cm³/mol. The molecule has 11 heteroatoms. The fraction of sp³-hybridized carbons (Fsp3) is 0.348. The molecule has 34 heavy (non-hydrogen) atoms. The first-order valence-corrected chi connectivity index (χ1v) is 11.6. The molecule has 1 aliphatic rings. The number of thiazole rings is 1. The van der Waals surface area contributed by atoms with Crippen molar-refractivity contribution in [3.8, 4) is 17.4 Å². The summed E-state index contributed by atoms with van der Waals surface area (Å²) in [6, 6.07) is 4.84. The number of amides is 2. The summed E-state index contributed by atoms with van der Waals surface area (Å²) >= 11 is 1.38. The maximum Gasteiger partial charge on any atom is 0.274 e. The lowest BCUT2D eigenvalue weighted by atomic mass is 10.2. The highest BCUT2D eigenvalue weighted by Gasteiger charge is 2.23. The summed E-state index contributed by atoms with van der Waals surface area (Å²) < 4.78 is 16.9. The Labute approximate surface area is 200 Å². The number of aromatic nitrogens is 3. The maximum atomic E-state index is 12.9. The van der Waals surface area contributed by atoms with E-state index in [4.69, 9.17) is 14.2 Å². The number of hydrogen-bond acceptors (Lipinski definition) is 9. The number of ether oxygens (including phenoxy) is 3. The Bertz CT molecular complexity index is 1160. The molecule has 1 saturated heterocycles. The third kappa shape index (κ3) is 5.86. The largest absolute Gasteiger partial charge is 0.488 e. The molecule has 3 heterocycles. The van der Waals surface area contributed by atoms with Gasteiger partial charge in [0.15, 0.2) is 5.13 Å². The number of aryl methyl sites for hydroxylation is 1. The van der Waals surface area contributed by atoms with E-state index in [1.54, 1.807) is 36.4 Å². The van der Waals surface area contributed by atoms with E-state index in [0.717, 1.165) is 24.4 Å². The van der Waals surface area contributed by atoms with Crippen LogP contribution in [-0.2, 0) is 4.74 Å². The molecule has 3 aromatic rings. The van der Waals surface area contributed by atoms with Crippen molar-refractivity contribution < 1.29 is 23.8 Å². The summed E-state index contributed by atoms with van der Waals surface area (Å²) in [5.41, 5.74) is 0.582. The lowest BCUT2D eigenvalue weighted by Gasteiger charge is -2.30. The molecule has 2 aromatic heterocycles. The summed E-state index contributed by atoms with van der Waals surface area (Å²) in [4.78, 5) is 40.4. The number of carbonyl (C=O) groups is 2. The minimum absolute atomic E-state index is 0.149. The van der Waals surface area contributed by atoms with Gasteiger partial charge in [-0.1, -0.05) is 0 Å². The van der Waals surface area contributed by atoms with Gasteiger partial charge in [-0.3, -0.25) is 14.9 Å². The molecule has 0 radical (unpaired) electrons. The van der Waals surface area contributed by atoms with Crippen molar-refractivity contribution in [3.63, 3.8) is 0 Å². The number of anilines is 1. The molecular formula is C23H25N5O5S. The second-order valence-corrected chi connectivity index (χ2v) is 9.03. The van der Waals surface area contributed by atoms with Crippen LogP contribution >= 0.6 is 11.3 Å². The number of nitrogens with zero attached hydrogens (tertiary/aromatic N) is 4. The zero-order chi connectivity index (χ0) is 24.1. The smallest absolute Gasteiger partial charge is 0.274 e. The number of likely N-dealkylation sites (tertiary alicyclic amines) is 1. The van der Waals surface area contributed by atoms with E-state index in [0.29, 0.717) is 28.8 Å². The van der Waals surface area contributed by atoms with E-state index in [1.807, 2.05) is 13.8 Å². The Morgan fingerprint density at radius 1 is 1.12 bits per heavy atom. The van der Waals surface area contributed by atoms with Gasteiger partial charge in [0.1, 0.15) is 23.3 Å². The zero-order valence-corrected chi connectivity index (χ0v) is 19.9. The van der Waals surface area contributed by atoms with Gasteiger partial charge in [-0.05, 0) is 32.4 Å². The number of carbonyl (C=O) groups excluding carboxylic acids is 2. The lowest BCUT2D eigenvalue weighted by molar-refractivity contribution is 0.0645. The molecule has 178 valence electrons. The normalized spacial score (nSPS) is 13.7. The molecular weight excluding hydrogens is 458 g/mol. The maximum absolute atomic E-state index is 12.9. The Morgan fingerprint density at radius 2 is 1.91 bits per heavy atom. The molecule has 0 bridgehead atoms. The summed E-state index contributed by atoms with van der Waals surface area (Å²) in [7, 11) is 1.59. The van der Waals surface area contributed by atoms with Crippen molar-refractivity contribution in [1.29, 1.82) is 0 Å². The molecule has 10 nitrogen and oxygen atoms in total. The van der Waals surface area contributed by atoms with Crippen molar-refractivity contribution in [1.82, 2.24) is 19.9 Å². The second-order valence-electron chi connectivity index (χ2n) is 7.79. The average Bonchev–Trinajstić information content (AvgIpc) is 3.17. The van der Waals surface area contributed by atoms with Crippen molar-refractivity contribution >= 4 is 28.3 Å². The highest BCUT2D eigenvalue weighted by molar-refractivity contribution is 7.15. The van der Waals surface area contributed by atoms with E-state index < -0.39 is 0 Å². The summed E-state index contributed by atoms with van der Waals surface area (Å²) in [6.07, 6.45) is 5.21. The van der Waals surface area contributed by atoms with E-state index in [-0.39, 0.29) is 29.5 Å². The van der Waals surface area contributed by atoms with Gasteiger partial charge in [0.25, 0.3) is 11.8 Å². The summed E-state index contributed by atoms with van der Waals surface area (Å²) in [5, 5.41) is 3.28. The molecule has 2 amide bonds. The van der Waals surface area contributed by atoms with Crippen LogP contribution in [0, 0.1) is 6.92 Å². The Morgan fingerprint density at radius 3 is 2.53 bits per heavy atom. The predicted octanol–water partition coefficient (Wildman–Crippen LogP) is 3.55. The van der Waals surface area contributed by atoms with E-state index in [9.17, 15) is 9.59 Å². The highest BCUT2D eigenvalue weighted by Crippen LogP contribution is 2.28. The minimum atomic E-state index is -0.356. The third-order valence-corrected chi connectivity index (χ3v) is 5.76. The quantitative estimate of drug-likeness (QED) is 0.491. The number of nitrogens with one attached hydrogen (secondary N) is 1. The van der Waals surface area contributed by atoms with Crippen molar-refractivity contribution in [2.75, 3.05) is 32.1 Å². The molecule has 0 spiro atoms. The Balaban J connectivity index is 1.54. The first-order valence-electron chi connectivity index (χ1n) is 10.7. The number of benzene rings is 1. The van der Waals surface area contributed by atoms with Gasteiger partial charge in [0.05, 0.1) is 19.0 Å². The van der Waals surface area contributed by atoms with Gasteiger partial charge in [-0.2, -0.15) is 0 Å². The van der Waals surface area contributed by atoms with Gasteiger partial charge >= 0.3 is 0 Å². The topological polar surface area (TPSA) is 116 Å². The SMILES string of the molecule is COC[C@H](C)Oc1cc(Oc2cnc(C(=O)N3CCC3)cn2)cc(C(=O)Nc2ncc(C)s2)c1. The van der Waals surface area contributed by atoms with Crippen LogP contribution in [0.3, 0.4) is 0 Å². The third-order valence-electron chi connectivity index (χ3n) is 4.94. The van der Waals surface area contributed by atoms with Gasteiger partial charge in [0, 0.05) is 42.9 Å². The molecule has 1 atom stereocenters. The number of hydrogen-bond donors (Lipinski definition) is 1. The molecule has 1 aliphatic heterocycles. The van der Waals surface area contributed by atoms with Gasteiger partial charge < -0.3 is 19.1 Å². The van der Waals surface area contributed by atoms with Crippen LogP contribution in [0.2, 0.25) is 0 Å². The van der Waals surface area contributed by atoms with Crippen LogP contribution in [0.5, 0.6) is 17.4 Å². The Hall–Kier alpha value is -3.57. The van der Waals surface area contributed by atoms with E-state index >= 15 is 0 Å². The number of rotatable bonds is 9. The van der Waals surface area contributed by atoms with Gasteiger partial charge in [0.2, 0.25) is 5.88 Å². The standard InChI is InChI=1S/C23H25N5O5S/c1-14(13-31-3)32-17-7-16(21(29)27-23-26-10-15(2)34-23)8-18(9-17)33-20-12-24-19(11-25-20)22(30)28-5-4-6-28/h7-12,14H,4-6,13H2,1-3H3,(H,26,27,29)/t14-/m0/s1.